The highest BCUT2D eigenvalue weighted by atomic mass is 14.7. The summed E-state index contributed by atoms with van der Waals surface area (Å²) in [7, 11) is 0. The fourth-order valence-corrected chi connectivity index (χ4v) is 1.30. The standard InChI is InChI=1S/C13H23N/c1-7-13(11(4)5)14-9-12(6)8-10(2)3/h7,9-11H,6,8H2,1-5H3/b13-7-,14-9?. The molecule has 0 N–H and O–H groups in total. The average Bonchev–Trinajstić information content (AvgIpc) is 2.03. The molecule has 0 aliphatic carbocycles. The summed E-state index contributed by atoms with van der Waals surface area (Å²) in [5.41, 5.74) is 2.25. The van der Waals surface area contributed by atoms with Gasteiger partial charge < -0.3 is 0 Å². The third kappa shape index (κ3) is 5.74. The molecule has 0 bridgehead atoms. The van der Waals surface area contributed by atoms with Crippen molar-refractivity contribution in [1.29, 1.82) is 0 Å². The lowest BCUT2D eigenvalue weighted by Crippen LogP contribution is -1.94. The van der Waals surface area contributed by atoms with Gasteiger partial charge in [-0.15, -0.1) is 0 Å². The molecule has 0 aromatic rings. The van der Waals surface area contributed by atoms with Crippen LogP contribution < -0.4 is 0 Å². The molecule has 80 valence electrons. The molecule has 0 saturated carbocycles. The molecule has 0 rings (SSSR count). The first-order valence-corrected chi connectivity index (χ1v) is 5.35. The lowest BCUT2D eigenvalue weighted by Gasteiger charge is -2.06. The van der Waals surface area contributed by atoms with Gasteiger partial charge in [-0.3, -0.25) is 4.99 Å². The van der Waals surface area contributed by atoms with E-state index in [1.165, 1.54) is 0 Å². The van der Waals surface area contributed by atoms with Gasteiger partial charge in [-0.05, 0) is 30.8 Å². The number of hydrogen-bond donors (Lipinski definition) is 0. The van der Waals surface area contributed by atoms with Crippen molar-refractivity contribution >= 4 is 6.21 Å². The highest BCUT2D eigenvalue weighted by Crippen LogP contribution is 2.12. The summed E-state index contributed by atoms with van der Waals surface area (Å²) >= 11 is 0. The molecule has 0 aliphatic rings. The summed E-state index contributed by atoms with van der Waals surface area (Å²) in [5, 5.41) is 0. The summed E-state index contributed by atoms with van der Waals surface area (Å²) in [6.45, 7) is 14.7. The van der Waals surface area contributed by atoms with E-state index in [9.17, 15) is 0 Å². The van der Waals surface area contributed by atoms with Crippen molar-refractivity contribution < 1.29 is 0 Å². The highest BCUT2D eigenvalue weighted by molar-refractivity contribution is 5.78. The molecule has 0 radical (unpaired) electrons. The first-order valence-electron chi connectivity index (χ1n) is 5.35. The molecule has 0 fully saturated rings. The van der Waals surface area contributed by atoms with E-state index in [1.54, 1.807) is 0 Å². The SMILES string of the molecule is C=C(C=N/C(=C\C)C(C)C)CC(C)C. The third-order valence-electron chi connectivity index (χ3n) is 1.95. The van der Waals surface area contributed by atoms with Crippen LogP contribution in [0.3, 0.4) is 0 Å². The molecule has 1 heteroatoms. The minimum Gasteiger partial charge on any atom is -0.261 e. The predicted molar refractivity (Wildman–Crippen MR) is 65.7 cm³/mol. The predicted octanol–water partition coefficient (Wildman–Crippen LogP) is 4.22. The van der Waals surface area contributed by atoms with Gasteiger partial charge in [-0.25, -0.2) is 0 Å². The van der Waals surface area contributed by atoms with Crippen LogP contribution in [0.1, 0.15) is 41.0 Å². The van der Waals surface area contributed by atoms with Crippen LogP contribution in [0.15, 0.2) is 28.9 Å². The lowest BCUT2D eigenvalue weighted by molar-refractivity contribution is 0.656. The van der Waals surface area contributed by atoms with E-state index in [-0.39, 0.29) is 0 Å². The average molecular weight is 193 g/mol. The third-order valence-corrected chi connectivity index (χ3v) is 1.95. The summed E-state index contributed by atoms with van der Waals surface area (Å²) in [4.78, 5) is 4.43. The molecular weight excluding hydrogens is 170 g/mol. The monoisotopic (exact) mass is 193 g/mol. The van der Waals surface area contributed by atoms with E-state index in [4.69, 9.17) is 0 Å². The molecule has 14 heavy (non-hydrogen) atoms. The Morgan fingerprint density at radius 1 is 1.29 bits per heavy atom. The van der Waals surface area contributed by atoms with E-state index in [1.807, 2.05) is 13.1 Å². The van der Waals surface area contributed by atoms with Crippen molar-refractivity contribution in [3.63, 3.8) is 0 Å². The Hall–Kier alpha value is -0.850. The molecule has 0 aromatic carbocycles. The van der Waals surface area contributed by atoms with Crippen LogP contribution in [-0.4, -0.2) is 6.21 Å². The van der Waals surface area contributed by atoms with Gasteiger partial charge in [0.25, 0.3) is 0 Å². The van der Waals surface area contributed by atoms with E-state index in [0.717, 1.165) is 17.7 Å². The largest absolute Gasteiger partial charge is 0.261 e. The second kappa shape index (κ2) is 6.58. The zero-order valence-electron chi connectivity index (χ0n) is 10.2. The smallest absolute Gasteiger partial charge is 0.0386 e. The Labute approximate surface area is 88.6 Å². The van der Waals surface area contributed by atoms with Gasteiger partial charge in [-0.2, -0.15) is 0 Å². The first-order chi connectivity index (χ1) is 6.47. The number of rotatable bonds is 5. The zero-order chi connectivity index (χ0) is 11.1. The lowest BCUT2D eigenvalue weighted by atomic mass is 10.1. The molecule has 0 aromatic heterocycles. The second-order valence-electron chi connectivity index (χ2n) is 4.38. The van der Waals surface area contributed by atoms with Crippen molar-refractivity contribution in [2.24, 2.45) is 16.8 Å². The minimum atomic E-state index is 0.489. The normalized spacial score (nSPS) is 13.2. The fraction of sp³-hybridized carbons (Fsp3) is 0.615. The van der Waals surface area contributed by atoms with E-state index < -0.39 is 0 Å². The Balaban J connectivity index is 4.22. The molecule has 1 nitrogen and oxygen atoms in total. The van der Waals surface area contributed by atoms with Gasteiger partial charge in [0.2, 0.25) is 0 Å². The quantitative estimate of drug-likeness (QED) is 0.580. The Morgan fingerprint density at radius 2 is 1.86 bits per heavy atom. The van der Waals surface area contributed by atoms with E-state index in [0.29, 0.717) is 11.8 Å². The molecular formula is C13H23N. The van der Waals surface area contributed by atoms with Crippen molar-refractivity contribution in [1.82, 2.24) is 0 Å². The van der Waals surface area contributed by atoms with Crippen molar-refractivity contribution in [3.8, 4) is 0 Å². The Bertz CT molecular complexity index is 232. The van der Waals surface area contributed by atoms with Gasteiger partial charge in [0.1, 0.15) is 0 Å². The van der Waals surface area contributed by atoms with Crippen LogP contribution in [0.2, 0.25) is 0 Å². The molecule has 0 spiro atoms. The maximum absolute atomic E-state index is 4.43. The molecule has 0 unspecified atom stereocenters. The Morgan fingerprint density at radius 3 is 2.21 bits per heavy atom. The van der Waals surface area contributed by atoms with Crippen LogP contribution in [0.5, 0.6) is 0 Å². The number of hydrogen-bond acceptors (Lipinski definition) is 1. The van der Waals surface area contributed by atoms with Crippen LogP contribution in [-0.2, 0) is 0 Å². The molecule has 0 aliphatic heterocycles. The second-order valence-corrected chi connectivity index (χ2v) is 4.38. The highest BCUT2D eigenvalue weighted by Gasteiger charge is 1.99. The maximum Gasteiger partial charge on any atom is 0.0386 e. The fourth-order valence-electron chi connectivity index (χ4n) is 1.30. The summed E-state index contributed by atoms with van der Waals surface area (Å²) in [6.07, 6.45) is 4.98. The maximum atomic E-state index is 4.43. The van der Waals surface area contributed by atoms with Gasteiger partial charge >= 0.3 is 0 Å². The van der Waals surface area contributed by atoms with E-state index >= 15 is 0 Å². The number of nitrogens with zero attached hydrogens (tertiary/aromatic N) is 1. The summed E-state index contributed by atoms with van der Waals surface area (Å²) in [6, 6.07) is 0. The van der Waals surface area contributed by atoms with Gasteiger partial charge in [0.15, 0.2) is 0 Å². The Kier molecular flexibility index (Phi) is 6.18. The zero-order valence-corrected chi connectivity index (χ0v) is 10.2. The summed E-state index contributed by atoms with van der Waals surface area (Å²) < 4.78 is 0. The van der Waals surface area contributed by atoms with Crippen molar-refractivity contribution in [2.75, 3.05) is 0 Å². The van der Waals surface area contributed by atoms with Gasteiger partial charge in [0, 0.05) is 11.9 Å². The molecule has 0 atom stereocenters. The van der Waals surface area contributed by atoms with Gasteiger partial charge in [-0.1, -0.05) is 40.3 Å². The van der Waals surface area contributed by atoms with Crippen molar-refractivity contribution in [3.05, 3.63) is 23.9 Å². The minimum absolute atomic E-state index is 0.489. The molecule has 0 amide bonds. The van der Waals surface area contributed by atoms with E-state index in [2.05, 4.69) is 45.3 Å². The van der Waals surface area contributed by atoms with Crippen LogP contribution in [0.4, 0.5) is 0 Å². The van der Waals surface area contributed by atoms with Gasteiger partial charge in [0.05, 0.1) is 0 Å². The van der Waals surface area contributed by atoms with Crippen LogP contribution in [0.25, 0.3) is 0 Å². The molecule has 0 saturated heterocycles. The van der Waals surface area contributed by atoms with Crippen LogP contribution in [0, 0.1) is 11.8 Å². The molecule has 0 heterocycles. The van der Waals surface area contributed by atoms with Crippen LogP contribution >= 0.6 is 0 Å². The summed E-state index contributed by atoms with van der Waals surface area (Å²) in [5.74, 6) is 1.14. The first kappa shape index (κ1) is 13.2. The number of allylic oxidation sites excluding steroid dienone is 3. The number of aliphatic imine (C=N–C) groups is 1. The topological polar surface area (TPSA) is 12.4 Å². The van der Waals surface area contributed by atoms with Crippen molar-refractivity contribution in [2.45, 2.75) is 41.0 Å².